The van der Waals surface area contributed by atoms with Crippen LogP contribution in [0.2, 0.25) is 0 Å². The van der Waals surface area contributed by atoms with Crippen LogP contribution in [-0.4, -0.2) is 51.6 Å². The Bertz CT molecular complexity index is 373. The lowest BCUT2D eigenvalue weighted by Crippen LogP contribution is -2.62. The standard InChI is InChI=1S/C13H24N2O3S/c1-5-9(2)12-13(17)15(8-11(16)14-12)10(3)6-7-19(4)18/h9-10,12H,5-8H2,1-4H3,(H,14,16). The molecule has 0 saturated carbocycles. The van der Waals surface area contributed by atoms with Crippen molar-refractivity contribution in [3.8, 4) is 0 Å². The summed E-state index contributed by atoms with van der Waals surface area (Å²) < 4.78 is 11.1. The lowest BCUT2D eigenvalue weighted by Gasteiger charge is -2.38. The molecule has 0 aromatic heterocycles. The Kier molecular flexibility index (Phi) is 5.97. The summed E-state index contributed by atoms with van der Waals surface area (Å²) in [6.45, 7) is 6.01. The number of nitrogens with one attached hydrogen (secondary N) is 1. The maximum atomic E-state index is 12.4. The summed E-state index contributed by atoms with van der Waals surface area (Å²) in [6.07, 6.45) is 3.16. The maximum Gasteiger partial charge on any atom is 0.246 e. The van der Waals surface area contributed by atoms with Crippen molar-refractivity contribution in [2.45, 2.75) is 45.7 Å². The molecule has 5 nitrogen and oxygen atoms in total. The van der Waals surface area contributed by atoms with Gasteiger partial charge in [0.05, 0.1) is 6.54 Å². The van der Waals surface area contributed by atoms with Gasteiger partial charge in [-0.15, -0.1) is 0 Å². The molecule has 0 aliphatic carbocycles. The van der Waals surface area contributed by atoms with Gasteiger partial charge in [0.25, 0.3) is 0 Å². The Hall–Kier alpha value is -0.910. The van der Waals surface area contributed by atoms with E-state index in [1.165, 1.54) is 0 Å². The first kappa shape index (κ1) is 16.1. The van der Waals surface area contributed by atoms with Crippen LogP contribution in [0.3, 0.4) is 0 Å². The van der Waals surface area contributed by atoms with Crippen LogP contribution in [0.5, 0.6) is 0 Å². The molecule has 1 N–H and O–H groups in total. The van der Waals surface area contributed by atoms with Gasteiger partial charge < -0.3 is 10.2 Å². The lowest BCUT2D eigenvalue weighted by molar-refractivity contribution is -0.147. The minimum Gasteiger partial charge on any atom is -0.342 e. The average Bonchev–Trinajstić information content (AvgIpc) is 2.37. The van der Waals surface area contributed by atoms with Crippen LogP contribution in [-0.2, 0) is 20.4 Å². The number of rotatable bonds is 6. The zero-order chi connectivity index (χ0) is 14.6. The predicted octanol–water partition coefficient (Wildman–Crippen LogP) is 0.517. The molecule has 19 heavy (non-hydrogen) atoms. The number of carbonyl (C=O) groups excluding carboxylic acids is 2. The van der Waals surface area contributed by atoms with E-state index in [0.717, 1.165) is 6.42 Å². The summed E-state index contributed by atoms with van der Waals surface area (Å²) in [5.41, 5.74) is 0. The SMILES string of the molecule is CCC(C)C1NC(=O)CN(C(C)CCS(C)=O)C1=O. The van der Waals surface area contributed by atoms with Gasteiger partial charge in [-0.05, 0) is 19.3 Å². The van der Waals surface area contributed by atoms with Gasteiger partial charge in [-0.1, -0.05) is 20.3 Å². The summed E-state index contributed by atoms with van der Waals surface area (Å²) >= 11 is 0. The second-order valence-corrected chi connectivity index (χ2v) is 6.87. The molecule has 2 amide bonds. The van der Waals surface area contributed by atoms with Crippen molar-refractivity contribution in [2.75, 3.05) is 18.6 Å². The molecular formula is C13H24N2O3S. The van der Waals surface area contributed by atoms with Crippen molar-refractivity contribution >= 4 is 22.6 Å². The van der Waals surface area contributed by atoms with E-state index in [1.807, 2.05) is 20.8 Å². The smallest absolute Gasteiger partial charge is 0.246 e. The highest BCUT2D eigenvalue weighted by Crippen LogP contribution is 2.17. The summed E-state index contributed by atoms with van der Waals surface area (Å²) in [7, 11) is -0.868. The van der Waals surface area contributed by atoms with E-state index in [-0.39, 0.29) is 30.3 Å². The van der Waals surface area contributed by atoms with Gasteiger partial charge in [-0.2, -0.15) is 0 Å². The largest absolute Gasteiger partial charge is 0.342 e. The normalized spacial score (nSPS) is 24.8. The zero-order valence-electron chi connectivity index (χ0n) is 12.1. The van der Waals surface area contributed by atoms with Gasteiger partial charge in [0.1, 0.15) is 6.04 Å². The molecule has 110 valence electrons. The Morgan fingerprint density at radius 2 is 2.05 bits per heavy atom. The van der Waals surface area contributed by atoms with Gasteiger partial charge in [-0.25, -0.2) is 0 Å². The van der Waals surface area contributed by atoms with E-state index < -0.39 is 16.8 Å². The molecule has 0 aromatic carbocycles. The molecule has 1 fully saturated rings. The van der Waals surface area contributed by atoms with Crippen LogP contribution in [0.4, 0.5) is 0 Å². The lowest BCUT2D eigenvalue weighted by atomic mass is 9.95. The van der Waals surface area contributed by atoms with Crippen LogP contribution in [0.1, 0.15) is 33.6 Å². The number of amides is 2. The highest BCUT2D eigenvalue weighted by atomic mass is 32.2. The van der Waals surface area contributed by atoms with Gasteiger partial charge in [0.2, 0.25) is 11.8 Å². The average molecular weight is 288 g/mol. The molecular weight excluding hydrogens is 264 g/mol. The van der Waals surface area contributed by atoms with Crippen LogP contribution >= 0.6 is 0 Å². The van der Waals surface area contributed by atoms with Crippen LogP contribution in [0.25, 0.3) is 0 Å². The molecule has 0 spiro atoms. The van der Waals surface area contributed by atoms with Gasteiger partial charge in [-0.3, -0.25) is 13.8 Å². The third-order valence-electron chi connectivity index (χ3n) is 3.75. The van der Waals surface area contributed by atoms with Crippen LogP contribution < -0.4 is 5.32 Å². The first-order valence-corrected chi connectivity index (χ1v) is 8.49. The number of hydrogen-bond donors (Lipinski definition) is 1. The van der Waals surface area contributed by atoms with E-state index in [9.17, 15) is 13.8 Å². The summed E-state index contributed by atoms with van der Waals surface area (Å²) in [5.74, 6) is 0.574. The Balaban J connectivity index is 2.73. The van der Waals surface area contributed by atoms with E-state index in [1.54, 1.807) is 11.2 Å². The Labute approximate surface area is 117 Å². The fraction of sp³-hybridized carbons (Fsp3) is 0.846. The molecule has 1 aliphatic rings. The fourth-order valence-corrected chi connectivity index (χ4v) is 2.85. The first-order valence-electron chi connectivity index (χ1n) is 6.76. The van der Waals surface area contributed by atoms with E-state index in [4.69, 9.17) is 0 Å². The van der Waals surface area contributed by atoms with Crippen molar-refractivity contribution in [3.63, 3.8) is 0 Å². The Morgan fingerprint density at radius 1 is 1.42 bits per heavy atom. The van der Waals surface area contributed by atoms with Crippen molar-refractivity contribution in [2.24, 2.45) is 5.92 Å². The molecule has 4 unspecified atom stereocenters. The van der Waals surface area contributed by atoms with Gasteiger partial charge >= 0.3 is 0 Å². The van der Waals surface area contributed by atoms with Crippen LogP contribution in [0, 0.1) is 5.92 Å². The molecule has 1 aliphatic heterocycles. The van der Waals surface area contributed by atoms with E-state index in [0.29, 0.717) is 12.2 Å². The monoisotopic (exact) mass is 288 g/mol. The number of hydrogen-bond acceptors (Lipinski definition) is 3. The highest BCUT2D eigenvalue weighted by molar-refractivity contribution is 7.84. The number of nitrogens with zero attached hydrogens (tertiary/aromatic N) is 1. The van der Waals surface area contributed by atoms with Gasteiger partial charge in [0, 0.05) is 28.9 Å². The fourth-order valence-electron chi connectivity index (χ4n) is 2.18. The molecule has 1 heterocycles. The highest BCUT2D eigenvalue weighted by Gasteiger charge is 2.37. The molecule has 0 radical (unpaired) electrons. The first-order chi connectivity index (χ1) is 8.86. The topological polar surface area (TPSA) is 66.5 Å². The third-order valence-corrected chi connectivity index (χ3v) is 4.56. The van der Waals surface area contributed by atoms with Gasteiger partial charge in [0.15, 0.2) is 0 Å². The molecule has 0 bridgehead atoms. The zero-order valence-corrected chi connectivity index (χ0v) is 13.0. The number of piperazine rings is 1. The summed E-state index contributed by atoms with van der Waals surface area (Å²) in [6, 6.07) is -0.463. The van der Waals surface area contributed by atoms with Crippen molar-refractivity contribution in [3.05, 3.63) is 0 Å². The summed E-state index contributed by atoms with van der Waals surface area (Å²) in [4.78, 5) is 25.7. The van der Waals surface area contributed by atoms with Crippen molar-refractivity contribution in [1.82, 2.24) is 10.2 Å². The molecule has 4 atom stereocenters. The minimum atomic E-state index is -0.868. The predicted molar refractivity (Wildman–Crippen MR) is 76.1 cm³/mol. The Morgan fingerprint density at radius 3 is 2.58 bits per heavy atom. The maximum absolute atomic E-state index is 12.4. The molecule has 1 rings (SSSR count). The van der Waals surface area contributed by atoms with Crippen molar-refractivity contribution < 1.29 is 13.8 Å². The second-order valence-electron chi connectivity index (χ2n) is 5.31. The quantitative estimate of drug-likeness (QED) is 0.775. The second kappa shape index (κ2) is 7.03. The number of carbonyl (C=O) groups is 2. The third kappa shape index (κ3) is 4.30. The molecule has 6 heteroatoms. The van der Waals surface area contributed by atoms with Crippen LogP contribution in [0.15, 0.2) is 0 Å². The summed E-state index contributed by atoms with van der Waals surface area (Å²) in [5, 5.41) is 2.78. The minimum absolute atomic E-state index is 0.0108. The van der Waals surface area contributed by atoms with E-state index >= 15 is 0 Å². The molecule has 1 saturated heterocycles. The molecule has 0 aromatic rings. The van der Waals surface area contributed by atoms with E-state index in [2.05, 4.69) is 5.32 Å². The van der Waals surface area contributed by atoms with Crippen molar-refractivity contribution in [1.29, 1.82) is 0 Å².